The van der Waals surface area contributed by atoms with E-state index in [9.17, 15) is 0 Å². The average Bonchev–Trinajstić information content (AvgIpc) is 2.33. The summed E-state index contributed by atoms with van der Waals surface area (Å²) in [5.41, 5.74) is 2.31. The van der Waals surface area contributed by atoms with Crippen molar-refractivity contribution >= 4 is 20.5 Å². The molecule has 0 saturated heterocycles. The number of aromatic amines is 1. The van der Waals surface area contributed by atoms with Crippen molar-refractivity contribution in [2.45, 2.75) is 0 Å². The summed E-state index contributed by atoms with van der Waals surface area (Å²) in [5.74, 6) is 0. The van der Waals surface area contributed by atoms with Gasteiger partial charge in [-0.05, 0) is 12.1 Å². The van der Waals surface area contributed by atoms with Gasteiger partial charge in [-0.1, -0.05) is 12.1 Å². The molecular weight excluding hydrogens is 128 g/mol. The van der Waals surface area contributed by atoms with Gasteiger partial charge in [0.05, 0.1) is 11.0 Å². The second kappa shape index (κ2) is 1.77. The average molecular weight is 134 g/mol. The Balaban J connectivity index is 2.95. The molecule has 0 aliphatic heterocycles. The summed E-state index contributed by atoms with van der Waals surface area (Å²) in [6, 6.07) is 8.11. The molecule has 0 aliphatic carbocycles. The van der Waals surface area contributed by atoms with E-state index >= 15 is 0 Å². The molecule has 9 heavy (non-hydrogen) atoms. The SMILES string of the molecule is c1ccc2[nH][siH]nc2c1. The van der Waals surface area contributed by atoms with Gasteiger partial charge in [-0.15, -0.1) is 0 Å². The standard InChI is InChI=1S/C6H6N2Si/c1-2-4-6-5(3-1)7-9-8-6/h1-4,7,9H. The van der Waals surface area contributed by atoms with E-state index in [0.717, 1.165) is 5.52 Å². The Morgan fingerprint density at radius 3 is 3.11 bits per heavy atom. The van der Waals surface area contributed by atoms with Crippen molar-refractivity contribution in [2.24, 2.45) is 0 Å². The zero-order chi connectivity index (χ0) is 6.10. The molecule has 1 N–H and O–H groups in total. The second-order valence-corrected chi connectivity index (χ2v) is 2.72. The molecule has 0 aliphatic rings. The first kappa shape index (κ1) is 4.87. The molecule has 44 valence electrons. The van der Waals surface area contributed by atoms with E-state index in [1.54, 1.807) is 0 Å². The van der Waals surface area contributed by atoms with E-state index in [1.165, 1.54) is 5.52 Å². The second-order valence-electron chi connectivity index (χ2n) is 1.92. The summed E-state index contributed by atoms with van der Waals surface area (Å²) in [4.78, 5) is 0. The van der Waals surface area contributed by atoms with Gasteiger partial charge >= 0.3 is 0 Å². The molecule has 0 saturated carbocycles. The monoisotopic (exact) mass is 134 g/mol. The van der Waals surface area contributed by atoms with Crippen LogP contribution in [0.1, 0.15) is 0 Å². The van der Waals surface area contributed by atoms with Crippen LogP contribution in [0.3, 0.4) is 0 Å². The van der Waals surface area contributed by atoms with Crippen LogP contribution < -0.4 is 0 Å². The first-order valence-corrected chi connectivity index (χ1v) is 3.94. The van der Waals surface area contributed by atoms with Gasteiger partial charge in [0.15, 0.2) is 0 Å². The van der Waals surface area contributed by atoms with Crippen LogP contribution in [0, 0.1) is 0 Å². The fraction of sp³-hybridized carbons (Fsp3) is 0. The van der Waals surface area contributed by atoms with Crippen molar-refractivity contribution in [2.75, 3.05) is 0 Å². The van der Waals surface area contributed by atoms with E-state index in [1.807, 2.05) is 18.2 Å². The maximum atomic E-state index is 4.27. The van der Waals surface area contributed by atoms with Gasteiger partial charge in [-0.3, -0.25) is 4.64 Å². The highest BCUT2D eigenvalue weighted by molar-refractivity contribution is 6.19. The molecule has 2 aromatic rings. The smallest absolute Gasteiger partial charge is 0.229 e. The molecule has 0 fully saturated rings. The predicted octanol–water partition coefficient (Wildman–Crippen LogP) is 0.633. The van der Waals surface area contributed by atoms with Crippen LogP contribution in [0.15, 0.2) is 24.3 Å². The Bertz CT molecular complexity index is 285. The van der Waals surface area contributed by atoms with Crippen LogP contribution in [-0.4, -0.2) is 18.7 Å². The van der Waals surface area contributed by atoms with Crippen molar-refractivity contribution in [3.63, 3.8) is 0 Å². The Morgan fingerprint density at radius 1 is 1.33 bits per heavy atom. The molecule has 0 spiro atoms. The Kier molecular flexibility index (Phi) is 0.958. The highest BCUT2D eigenvalue weighted by Gasteiger charge is 1.88. The number of nitrogens with one attached hydrogen (secondary N) is 1. The molecule has 1 aromatic heterocycles. The summed E-state index contributed by atoms with van der Waals surface area (Å²) >= 11 is 0. The maximum absolute atomic E-state index is 4.27. The number of rotatable bonds is 0. The lowest BCUT2D eigenvalue weighted by atomic mass is 10.3. The minimum Gasteiger partial charge on any atom is -0.378 e. The summed E-state index contributed by atoms with van der Waals surface area (Å²) in [6.07, 6.45) is 0. The molecule has 3 heteroatoms. The van der Waals surface area contributed by atoms with E-state index in [4.69, 9.17) is 0 Å². The number of benzene rings is 1. The highest BCUT2D eigenvalue weighted by atomic mass is 28.2. The van der Waals surface area contributed by atoms with Crippen molar-refractivity contribution < 1.29 is 0 Å². The molecular formula is C6H6N2Si. The van der Waals surface area contributed by atoms with Gasteiger partial charge in [0.1, 0.15) is 0 Å². The Hall–Kier alpha value is -0.963. The zero-order valence-electron chi connectivity index (χ0n) is 4.83. The van der Waals surface area contributed by atoms with Gasteiger partial charge in [0.2, 0.25) is 9.46 Å². The van der Waals surface area contributed by atoms with Gasteiger partial charge in [0, 0.05) is 0 Å². The summed E-state index contributed by atoms with van der Waals surface area (Å²) in [6.45, 7) is 0. The lowest BCUT2D eigenvalue weighted by molar-refractivity contribution is 1.64. The largest absolute Gasteiger partial charge is 0.378 e. The number of fused-ring (bicyclic) bond motifs is 1. The third-order valence-electron chi connectivity index (χ3n) is 1.33. The fourth-order valence-corrected chi connectivity index (χ4v) is 1.69. The van der Waals surface area contributed by atoms with Crippen molar-refractivity contribution in [3.8, 4) is 0 Å². The molecule has 0 radical (unpaired) electrons. The molecule has 2 nitrogen and oxygen atoms in total. The topological polar surface area (TPSA) is 28.7 Å². The van der Waals surface area contributed by atoms with Gasteiger partial charge < -0.3 is 4.64 Å². The van der Waals surface area contributed by atoms with Crippen LogP contribution in [0.25, 0.3) is 11.0 Å². The summed E-state index contributed by atoms with van der Waals surface area (Å²) in [5, 5.41) is 0. The fourth-order valence-electron chi connectivity index (χ4n) is 0.880. The Labute approximate surface area is 54.8 Å². The highest BCUT2D eigenvalue weighted by Crippen LogP contribution is 2.03. The summed E-state index contributed by atoms with van der Waals surface area (Å²) < 4.78 is 7.49. The molecule has 0 bridgehead atoms. The van der Waals surface area contributed by atoms with E-state index in [0.29, 0.717) is 0 Å². The number of hydrogen-bond acceptors (Lipinski definition) is 1. The maximum Gasteiger partial charge on any atom is 0.229 e. The van der Waals surface area contributed by atoms with Crippen LogP contribution >= 0.6 is 0 Å². The Morgan fingerprint density at radius 2 is 2.22 bits per heavy atom. The molecule has 0 unspecified atom stereocenters. The third kappa shape index (κ3) is 0.694. The normalized spacial score (nSPS) is 10.2. The van der Waals surface area contributed by atoms with Crippen LogP contribution in [0.4, 0.5) is 0 Å². The zero-order valence-corrected chi connectivity index (χ0v) is 5.99. The molecule has 0 amide bonds. The first-order chi connectivity index (χ1) is 4.47. The minimum atomic E-state index is 0.0931. The van der Waals surface area contributed by atoms with Crippen molar-refractivity contribution in [1.82, 2.24) is 9.28 Å². The number of hydrogen-bond donors (Lipinski definition) is 1. The van der Waals surface area contributed by atoms with Crippen LogP contribution in [0.2, 0.25) is 0 Å². The summed E-state index contributed by atoms with van der Waals surface area (Å²) in [7, 11) is 0.0931. The third-order valence-corrected chi connectivity index (χ3v) is 2.18. The van der Waals surface area contributed by atoms with Gasteiger partial charge in [0.25, 0.3) is 0 Å². The number of para-hydroxylation sites is 2. The molecule has 1 aromatic carbocycles. The van der Waals surface area contributed by atoms with Crippen molar-refractivity contribution in [1.29, 1.82) is 0 Å². The molecule has 0 atom stereocenters. The first-order valence-electron chi connectivity index (χ1n) is 2.85. The van der Waals surface area contributed by atoms with Gasteiger partial charge in [-0.2, -0.15) is 0 Å². The van der Waals surface area contributed by atoms with E-state index in [-0.39, 0.29) is 9.46 Å². The molecule has 1 heterocycles. The lowest BCUT2D eigenvalue weighted by Crippen LogP contribution is -1.65. The lowest BCUT2D eigenvalue weighted by Gasteiger charge is -1.82. The van der Waals surface area contributed by atoms with Crippen LogP contribution in [0.5, 0.6) is 0 Å². The quantitative estimate of drug-likeness (QED) is 0.526. The van der Waals surface area contributed by atoms with Gasteiger partial charge in [-0.25, -0.2) is 0 Å². The number of aromatic nitrogens is 2. The minimum absolute atomic E-state index is 0.0931. The van der Waals surface area contributed by atoms with E-state index < -0.39 is 0 Å². The number of nitrogens with zero attached hydrogens (tertiary/aromatic N) is 1. The molecule has 2 rings (SSSR count). The van der Waals surface area contributed by atoms with Crippen molar-refractivity contribution in [3.05, 3.63) is 24.3 Å². The predicted molar refractivity (Wildman–Crippen MR) is 38.8 cm³/mol. The van der Waals surface area contributed by atoms with E-state index in [2.05, 4.69) is 15.3 Å². The number of H-pyrrole nitrogens is 1. The van der Waals surface area contributed by atoms with Crippen LogP contribution in [-0.2, 0) is 0 Å².